The second kappa shape index (κ2) is 6.83. The molecule has 0 N–H and O–H groups in total. The molecule has 0 radical (unpaired) electrons. The second-order valence-electron chi connectivity index (χ2n) is 4.10. The zero-order chi connectivity index (χ0) is 15.3. The van der Waals surface area contributed by atoms with Gasteiger partial charge in [-0.05, 0) is 32.4 Å². The number of hydrogen-bond donors (Lipinski definition) is 0. The van der Waals surface area contributed by atoms with Crippen LogP contribution in [0.25, 0.3) is 0 Å². The van der Waals surface area contributed by atoms with Crippen molar-refractivity contribution in [3.05, 3.63) is 52.7 Å². The molecule has 0 fully saturated rings. The van der Waals surface area contributed by atoms with E-state index in [2.05, 4.69) is 0 Å². The minimum absolute atomic E-state index is 0.00956. The first kappa shape index (κ1) is 16.6. The van der Waals surface area contributed by atoms with Gasteiger partial charge in [0.2, 0.25) is 0 Å². The number of alkyl halides is 3. The van der Waals surface area contributed by atoms with Crippen molar-refractivity contribution in [2.24, 2.45) is 0 Å². The van der Waals surface area contributed by atoms with E-state index in [1.807, 2.05) is 0 Å². The van der Waals surface area contributed by atoms with Gasteiger partial charge in [0.15, 0.2) is 5.16 Å². The van der Waals surface area contributed by atoms with Crippen LogP contribution in [0.3, 0.4) is 0 Å². The number of halogens is 4. The fourth-order valence-electron chi connectivity index (χ4n) is 1.42. The third kappa shape index (κ3) is 4.30. The molecule has 0 saturated carbocycles. The molecule has 0 aliphatic heterocycles. The van der Waals surface area contributed by atoms with Gasteiger partial charge in [0.05, 0.1) is 5.57 Å². The number of hydrogen-bond acceptors (Lipinski definition) is 1. The van der Waals surface area contributed by atoms with Crippen LogP contribution in [0.4, 0.5) is 17.6 Å². The summed E-state index contributed by atoms with van der Waals surface area (Å²) in [5, 5.41) is -1.64. The first-order valence-electron chi connectivity index (χ1n) is 5.82. The summed E-state index contributed by atoms with van der Waals surface area (Å²) in [5.74, 6) is 0. The van der Waals surface area contributed by atoms with Crippen LogP contribution in [-0.2, 0) is 10.8 Å². The maximum atomic E-state index is 13.9. The smallest absolute Gasteiger partial charge is 0.247 e. The standard InChI is InChI=1S/C14H14F4OS/c1-3-4-5-12(14(16,17)18)13(15)20(19)11-8-6-10(2)7-9-11/h3-4,6-9H,5H2,1-2H3/b4-3+,13-12+. The van der Waals surface area contributed by atoms with Gasteiger partial charge in [-0.15, -0.1) is 0 Å². The summed E-state index contributed by atoms with van der Waals surface area (Å²) in [5.41, 5.74) is -0.561. The molecule has 20 heavy (non-hydrogen) atoms. The Hall–Kier alpha value is -1.43. The molecule has 1 atom stereocenters. The molecule has 0 amide bonds. The Morgan fingerprint density at radius 3 is 2.25 bits per heavy atom. The van der Waals surface area contributed by atoms with E-state index < -0.39 is 34.1 Å². The van der Waals surface area contributed by atoms with Crippen LogP contribution in [0, 0.1) is 6.92 Å². The van der Waals surface area contributed by atoms with Crippen LogP contribution < -0.4 is 0 Å². The van der Waals surface area contributed by atoms with Gasteiger partial charge in [0.25, 0.3) is 0 Å². The predicted molar refractivity (Wildman–Crippen MR) is 71.2 cm³/mol. The van der Waals surface area contributed by atoms with Crippen molar-refractivity contribution in [1.82, 2.24) is 0 Å². The van der Waals surface area contributed by atoms with E-state index in [0.717, 1.165) is 5.56 Å². The molecule has 0 bridgehead atoms. The molecular weight excluding hydrogens is 292 g/mol. The van der Waals surface area contributed by atoms with E-state index in [1.54, 1.807) is 19.1 Å². The second-order valence-corrected chi connectivity index (χ2v) is 5.47. The molecule has 0 aromatic heterocycles. The van der Waals surface area contributed by atoms with Crippen molar-refractivity contribution in [1.29, 1.82) is 0 Å². The Balaban J connectivity index is 3.20. The Morgan fingerprint density at radius 1 is 1.25 bits per heavy atom. The van der Waals surface area contributed by atoms with Gasteiger partial charge < -0.3 is 0 Å². The average Bonchev–Trinajstić information content (AvgIpc) is 2.37. The highest BCUT2D eigenvalue weighted by atomic mass is 32.2. The first-order valence-corrected chi connectivity index (χ1v) is 6.97. The summed E-state index contributed by atoms with van der Waals surface area (Å²) in [4.78, 5) is 0.00956. The van der Waals surface area contributed by atoms with Crippen LogP contribution in [0.15, 0.2) is 52.0 Å². The SMILES string of the molecule is C/C=C/C/C(=C(/F)S(=O)c1ccc(C)cc1)C(F)(F)F. The van der Waals surface area contributed by atoms with Crippen LogP contribution in [0.1, 0.15) is 18.9 Å². The maximum Gasteiger partial charge on any atom is 0.416 e. The van der Waals surface area contributed by atoms with Crippen molar-refractivity contribution in [2.75, 3.05) is 0 Å². The van der Waals surface area contributed by atoms with Crippen molar-refractivity contribution in [3.63, 3.8) is 0 Å². The molecule has 1 aromatic carbocycles. The van der Waals surface area contributed by atoms with E-state index in [4.69, 9.17) is 0 Å². The number of allylic oxidation sites excluding steroid dienone is 3. The van der Waals surface area contributed by atoms with E-state index in [0.29, 0.717) is 0 Å². The van der Waals surface area contributed by atoms with Crippen LogP contribution in [0.5, 0.6) is 0 Å². The summed E-state index contributed by atoms with van der Waals surface area (Å²) < 4.78 is 64.1. The lowest BCUT2D eigenvalue weighted by Gasteiger charge is -2.11. The van der Waals surface area contributed by atoms with Crippen molar-refractivity contribution < 1.29 is 21.8 Å². The number of benzene rings is 1. The molecule has 0 saturated heterocycles. The van der Waals surface area contributed by atoms with Crippen molar-refractivity contribution in [2.45, 2.75) is 31.3 Å². The van der Waals surface area contributed by atoms with E-state index >= 15 is 0 Å². The zero-order valence-corrected chi connectivity index (χ0v) is 11.8. The monoisotopic (exact) mass is 306 g/mol. The van der Waals surface area contributed by atoms with E-state index in [-0.39, 0.29) is 4.90 Å². The maximum absolute atomic E-state index is 13.9. The van der Waals surface area contributed by atoms with E-state index in [9.17, 15) is 21.8 Å². The van der Waals surface area contributed by atoms with Gasteiger partial charge in [-0.25, -0.2) is 4.21 Å². The topological polar surface area (TPSA) is 17.1 Å². The third-order valence-electron chi connectivity index (χ3n) is 2.53. The molecule has 1 aromatic rings. The molecular formula is C14H14F4OS. The molecule has 0 heterocycles. The Morgan fingerprint density at radius 2 is 1.80 bits per heavy atom. The largest absolute Gasteiger partial charge is 0.416 e. The van der Waals surface area contributed by atoms with E-state index in [1.165, 1.54) is 31.2 Å². The van der Waals surface area contributed by atoms with Crippen LogP contribution >= 0.6 is 0 Å². The van der Waals surface area contributed by atoms with Crippen LogP contribution in [-0.4, -0.2) is 10.4 Å². The molecule has 1 unspecified atom stereocenters. The third-order valence-corrected chi connectivity index (χ3v) is 3.81. The first-order chi connectivity index (χ1) is 9.27. The minimum atomic E-state index is -4.84. The highest BCUT2D eigenvalue weighted by Crippen LogP contribution is 2.34. The summed E-state index contributed by atoms with van der Waals surface area (Å²) >= 11 is 0. The molecule has 1 rings (SSSR count). The lowest BCUT2D eigenvalue weighted by atomic mass is 10.2. The minimum Gasteiger partial charge on any atom is -0.247 e. The molecule has 6 heteroatoms. The average molecular weight is 306 g/mol. The molecule has 1 nitrogen and oxygen atoms in total. The lowest BCUT2D eigenvalue weighted by molar-refractivity contribution is -0.0942. The van der Waals surface area contributed by atoms with Crippen molar-refractivity contribution in [3.8, 4) is 0 Å². The Labute approximate surface area is 117 Å². The Kier molecular flexibility index (Phi) is 5.68. The quantitative estimate of drug-likeness (QED) is 0.576. The van der Waals surface area contributed by atoms with Crippen molar-refractivity contribution >= 4 is 10.8 Å². The van der Waals surface area contributed by atoms with Gasteiger partial charge in [-0.1, -0.05) is 29.8 Å². The normalized spacial score (nSPS) is 15.3. The summed E-state index contributed by atoms with van der Waals surface area (Å²) in [6.07, 6.45) is -2.92. The zero-order valence-electron chi connectivity index (χ0n) is 11.0. The fraction of sp³-hybridized carbons (Fsp3) is 0.286. The van der Waals surface area contributed by atoms with Gasteiger partial charge in [-0.2, -0.15) is 17.6 Å². The molecule has 0 aliphatic rings. The predicted octanol–water partition coefficient (Wildman–Crippen LogP) is 4.81. The Bertz CT molecular complexity index is 541. The number of rotatable bonds is 4. The highest BCUT2D eigenvalue weighted by Gasteiger charge is 2.37. The van der Waals surface area contributed by atoms with Gasteiger partial charge in [0.1, 0.15) is 10.8 Å². The highest BCUT2D eigenvalue weighted by molar-refractivity contribution is 7.88. The summed E-state index contributed by atoms with van der Waals surface area (Å²) in [7, 11) is -2.46. The fourth-order valence-corrected chi connectivity index (χ4v) is 2.43. The lowest BCUT2D eigenvalue weighted by Crippen LogP contribution is -2.14. The summed E-state index contributed by atoms with van der Waals surface area (Å²) in [6.45, 7) is 3.30. The van der Waals surface area contributed by atoms with Gasteiger partial charge in [-0.3, -0.25) is 0 Å². The molecule has 110 valence electrons. The summed E-state index contributed by atoms with van der Waals surface area (Å²) in [6, 6.07) is 5.85. The van der Waals surface area contributed by atoms with Gasteiger partial charge >= 0.3 is 6.18 Å². The molecule has 0 spiro atoms. The van der Waals surface area contributed by atoms with Gasteiger partial charge in [0, 0.05) is 4.90 Å². The molecule has 0 aliphatic carbocycles. The number of aryl methyl sites for hydroxylation is 1. The van der Waals surface area contributed by atoms with Crippen LogP contribution in [0.2, 0.25) is 0 Å².